The molecule has 1 heterocycles. The van der Waals surface area contributed by atoms with Gasteiger partial charge in [0.1, 0.15) is 0 Å². The molecular formula is C17H21N3O. The Hall–Kier alpha value is -2.07. The van der Waals surface area contributed by atoms with Gasteiger partial charge >= 0.3 is 6.03 Å². The van der Waals surface area contributed by atoms with Crippen LogP contribution < -0.4 is 11.1 Å². The van der Waals surface area contributed by atoms with Crippen LogP contribution in [0.2, 0.25) is 0 Å². The molecule has 1 fully saturated rings. The number of nitrogens with two attached hydrogens (primary N) is 1. The highest BCUT2D eigenvalue weighted by Gasteiger charge is 2.26. The SMILES string of the molecule is CC1CCN(C(=O)Nc2cccc3ccccc23)CC1N. The lowest BCUT2D eigenvalue weighted by Gasteiger charge is -2.35. The number of amides is 2. The summed E-state index contributed by atoms with van der Waals surface area (Å²) in [5, 5.41) is 5.20. The van der Waals surface area contributed by atoms with E-state index in [0.717, 1.165) is 29.4 Å². The van der Waals surface area contributed by atoms with Crippen LogP contribution >= 0.6 is 0 Å². The molecule has 0 aliphatic carbocycles. The largest absolute Gasteiger partial charge is 0.326 e. The van der Waals surface area contributed by atoms with E-state index in [4.69, 9.17) is 5.73 Å². The van der Waals surface area contributed by atoms with Crippen molar-refractivity contribution in [1.29, 1.82) is 0 Å². The number of nitrogens with zero attached hydrogens (tertiary/aromatic N) is 1. The molecule has 3 N–H and O–H groups in total. The zero-order valence-corrected chi connectivity index (χ0v) is 12.3. The third-order valence-electron chi connectivity index (χ3n) is 4.33. The lowest BCUT2D eigenvalue weighted by molar-refractivity contribution is 0.174. The second kappa shape index (κ2) is 5.74. The molecule has 0 bridgehead atoms. The highest BCUT2D eigenvalue weighted by Crippen LogP contribution is 2.24. The van der Waals surface area contributed by atoms with Gasteiger partial charge in [-0.05, 0) is 23.8 Å². The van der Waals surface area contributed by atoms with Crippen molar-refractivity contribution in [3.8, 4) is 0 Å². The van der Waals surface area contributed by atoms with Crippen LogP contribution in [-0.2, 0) is 0 Å². The average molecular weight is 283 g/mol. The fourth-order valence-electron chi connectivity index (χ4n) is 2.81. The van der Waals surface area contributed by atoms with E-state index in [2.05, 4.69) is 12.2 Å². The Balaban J connectivity index is 1.78. The van der Waals surface area contributed by atoms with Crippen LogP contribution in [0, 0.1) is 5.92 Å². The number of likely N-dealkylation sites (tertiary alicyclic amines) is 1. The quantitative estimate of drug-likeness (QED) is 0.845. The van der Waals surface area contributed by atoms with Gasteiger partial charge in [-0.2, -0.15) is 0 Å². The lowest BCUT2D eigenvalue weighted by Crippen LogP contribution is -2.50. The van der Waals surface area contributed by atoms with Gasteiger partial charge in [-0.1, -0.05) is 43.3 Å². The van der Waals surface area contributed by atoms with E-state index in [9.17, 15) is 4.79 Å². The molecular weight excluding hydrogens is 262 g/mol. The first-order valence-corrected chi connectivity index (χ1v) is 7.44. The van der Waals surface area contributed by atoms with Crippen LogP contribution in [0.5, 0.6) is 0 Å². The molecule has 1 aliphatic rings. The summed E-state index contributed by atoms with van der Waals surface area (Å²) in [7, 11) is 0. The number of carbonyl (C=O) groups excluding carboxylic acids is 1. The van der Waals surface area contributed by atoms with Crippen molar-refractivity contribution in [2.75, 3.05) is 18.4 Å². The average Bonchev–Trinajstić information content (AvgIpc) is 2.50. The Bertz CT molecular complexity index is 650. The number of rotatable bonds is 1. The maximum atomic E-state index is 12.4. The topological polar surface area (TPSA) is 58.4 Å². The van der Waals surface area contributed by atoms with E-state index in [1.807, 2.05) is 47.4 Å². The first kappa shape index (κ1) is 13.9. The Kier molecular flexibility index (Phi) is 3.80. The molecule has 4 heteroatoms. The molecule has 0 spiro atoms. The van der Waals surface area contributed by atoms with Gasteiger partial charge in [0.15, 0.2) is 0 Å². The van der Waals surface area contributed by atoms with Gasteiger partial charge in [0.05, 0.1) is 5.69 Å². The number of piperidine rings is 1. The number of benzene rings is 2. The maximum Gasteiger partial charge on any atom is 0.321 e. The molecule has 0 radical (unpaired) electrons. The minimum atomic E-state index is -0.0614. The number of anilines is 1. The van der Waals surface area contributed by atoms with Crippen molar-refractivity contribution < 1.29 is 4.79 Å². The van der Waals surface area contributed by atoms with Gasteiger partial charge < -0.3 is 16.0 Å². The summed E-state index contributed by atoms with van der Waals surface area (Å²) in [4.78, 5) is 14.2. The molecule has 3 rings (SSSR count). The molecule has 1 saturated heterocycles. The molecule has 1 aliphatic heterocycles. The number of fused-ring (bicyclic) bond motifs is 1. The monoisotopic (exact) mass is 283 g/mol. The van der Waals surface area contributed by atoms with Crippen molar-refractivity contribution in [1.82, 2.24) is 4.90 Å². The van der Waals surface area contributed by atoms with Crippen molar-refractivity contribution in [2.45, 2.75) is 19.4 Å². The standard InChI is InChI=1S/C17H21N3O/c1-12-9-10-20(11-15(12)18)17(21)19-16-8-4-6-13-5-2-3-7-14(13)16/h2-8,12,15H,9-11,18H2,1H3,(H,19,21). The summed E-state index contributed by atoms with van der Waals surface area (Å²) >= 11 is 0. The molecule has 21 heavy (non-hydrogen) atoms. The Morgan fingerprint density at radius 2 is 2.00 bits per heavy atom. The van der Waals surface area contributed by atoms with E-state index in [-0.39, 0.29) is 12.1 Å². The van der Waals surface area contributed by atoms with E-state index in [0.29, 0.717) is 12.5 Å². The number of carbonyl (C=O) groups is 1. The molecule has 2 aromatic rings. The normalized spacial score (nSPS) is 22.3. The van der Waals surface area contributed by atoms with Gasteiger partial charge in [0, 0.05) is 24.5 Å². The van der Waals surface area contributed by atoms with Gasteiger partial charge in [0.25, 0.3) is 0 Å². The molecule has 2 unspecified atom stereocenters. The molecule has 2 aromatic carbocycles. The number of urea groups is 1. The smallest absolute Gasteiger partial charge is 0.321 e. The third kappa shape index (κ3) is 2.85. The van der Waals surface area contributed by atoms with Crippen LogP contribution in [0.25, 0.3) is 10.8 Å². The second-order valence-electron chi connectivity index (χ2n) is 5.83. The van der Waals surface area contributed by atoms with Gasteiger partial charge in [0.2, 0.25) is 0 Å². The van der Waals surface area contributed by atoms with Crippen LogP contribution in [0.15, 0.2) is 42.5 Å². The van der Waals surface area contributed by atoms with Crippen molar-refractivity contribution >= 4 is 22.5 Å². The van der Waals surface area contributed by atoms with Crippen molar-refractivity contribution in [3.63, 3.8) is 0 Å². The summed E-state index contributed by atoms with van der Waals surface area (Å²) < 4.78 is 0. The zero-order chi connectivity index (χ0) is 14.8. The summed E-state index contributed by atoms with van der Waals surface area (Å²) in [6.07, 6.45) is 0.962. The molecule has 110 valence electrons. The van der Waals surface area contributed by atoms with Crippen molar-refractivity contribution in [3.05, 3.63) is 42.5 Å². The Morgan fingerprint density at radius 1 is 1.24 bits per heavy atom. The minimum Gasteiger partial charge on any atom is -0.326 e. The maximum absolute atomic E-state index is 12.4. The summed E-state index contributed by atoms with van der Waals surface area (Å²) in [5.41, 5.74) is 6.92. The van der Waals surface area contributed by atoms with Crippen LogP contribution in [-0.4, -0.2) is 30.1 Å². The van der Waals surface area contributed by atoms with Crippen LogP contribution in [0.3, 0.4) is 0 Å². The lowest BCUT2D eigenvalue weighted by atomic mass is 9.94. The first-order valence-electron chi connectivity index (χ1n) is 7.44. The minimum absolute atomic E-state index is 0.0614. The highest BCUT2D eigenvalue weighted by atomic mass is 16.2. The predicted octanol–water partition coefficient (Wildman–Crippen LogP) is 3.04. The van der Waals surface area contributed by atoms with Crippen LogP contribution in [0.4, 0.5) is 10.5 Å². The molecule has 0 aromatic heterocycles. The van der Waals surface area contributed by atoms with Crippen LogP contribution in [0.1, 0.15) is 13.3 Å². The van der Waals surface area contributed by atoms with E-state index in [1.165, 1.54) is 0 Å². The number of hydrogen-bond acceptors (Lipinski definition) is 2. The molecule has 2 atom stereocenters. The first-order chi connectivity index (χ1) is 10.1. The van der Waals surface area contributed by atoms with Gasteiger partial charge in [-0.15, -0.1) is 0 Å². The third-order valence-corrected chi connectivity index (χ3v) is 4.33. The van der Waals surface area contributed by atoms with Gasteiger partial charge in [-0.3, -0.25) is 0 Å². The number of hydrogen-bond donors (Lipinski definition) is 2. The van der Waals surface area contributed by atoms with E-state index in [1.54, 1.807) is 0 Å². The highest BCUT2D eigenvalue weighted by molar-refractivity contribution is 6.01. The fourth-order valence-corrected chi connectivity index (χ4v) is 2.81. The summed E-state index contributed by atoms with van der Waals surface area (Å²) in [6, 6.07) is 14.0. The Labute approximate surface area is 124 Å². The summed E-state index contributed by atoms with van der Waals surface area (Å²) in [5.74, 6) is 0.478. The van der Waals surface area contributed by atoms with E-state index >= 15 is 0 Å². The molecule has 0 saturated carbocycles. The molecule has 4 nitrogen and oxygen atoms in total. The van der Waals surface area contributed by atoms with Crippen molar-refractivity contribution in [2.24, 2.45) is 11.7 Å². The molecule has 2 amide bonds. The number of nitrogens with one attached hydrogen (secondary N) is 1. The fraction of sp³-hybridized carbons (Fsp3) is 0.353. The van der Waals surface area contributed by atoms with E-state index < -0.39 is 0 Å². The zero-order valence-electron chi connectivity index (χ0n) is 12.3. The summed E-state index contributed by atoms with van der Waals surface area (Å²) in [6.45, 7) is 3.54. The van der Waals surface area contributed by atoms with Gasteiger partial charge in [-0.25, -0.2) is 4.79 Å². The second-order valence-corrected chi connectivity index (χ2v) is 5.83. The Morgan fingerprint density at radius 3 is 2.81 bits per heavy atom. The predicted molar refractivity (Wildman–Crippen MR) is 86.3 cm³/mol.